The molecule has 7 heteroatoms. The molecule has 0 aliphatic carbocycles. The standard InChI is InChI=1S/C16H24N4O2.ClH/c1-17-15(21)13-4-2-5-14(12-13)16(22)19-6-3-9-20-10-7-18-8-11-20;/h2,4-5,12,18H,3,6-11H2,1H3,(H,17,21)(H,19,22);1H. The first-order chi connectivity index (χ1) is 10.7. The maximum absolute atomic E-state index is 12.1. The monoisotopic (exact) mass is 340 g/mol. The average molecular weight is 341 g/mol. The van der Waals surface area contributed by atoms with Crippen LogP contribution in [-0.2, 0) is 0 Å². The van der Waals surface area contributed by atoms with E-state index in [1.54, 1.807) is 31.3 Å². The Hall–Kier alpha value is -1.63. The molecule has 128 valence electrons. The van der Waals surface area contributed by atoms with Gasteiger partial charge in [-0.3, -0.25) is 9.59 Å². The first-order valence-corrected chi connectivity index (χ1v) is 7.74. The van der Waals surface area contributed by atoms with Crippen LogP contribution in [0.5, 0.6) is 0 Å². The maximum Gasteiger partial charge on any atom is 0.251 e. The minimum atomic E-state index is -0.187. The van der Waals surface area contributed by atoms with E-state index < -0.39 is 0 Å². The van der Waals surface area contributed by atoms with Crippen molar-refractivity contribution in [2.45, 2.75) is 6.42 Å². The molecule has 1 aliphatic rings. The van der Waals surface area contributed by atoms with Crippen LogP contribution in [0.25, 0.3) is 0 Å². The number of rotatable bonds is 6. The predicted octanol–water partition coefficient (Wildman–Crippen LogP) is 0.493. The van der Waals surface area contributed by atoms with E-state index in [0.29, 0.717) is 17.7 Å². The van der Waals surface area contributed by atoms with E-state index in [1.807, 2.05) is 0 Å². The van der Waals surface area contributed by atoms with Gasteiger partial charge in [-0.1, -0.05) is 6.07 Å². The lowest BCUT2D eigenvalue weighted by molar-refractivity contribution is 0.0951. The van der Waals surface area contributed by atoms with E-state index in [1.165, 1.54) is 0 Å². The number of nitrogens with zero attached hydrogens (tertiary/aromatic N) is 1. The van der Waals surface area contributed by atoms with E-state index in [2.05, 4.69) is 20.9 Å². The van der Waals surface area contributed by atoms with Crippen molar-refractivity contribution in [2.24, 2.45) is 0 Å². The minimum absolute atomic E-state index is 0. The number of nitrogens with one attached hydrogen (secondary N) is 3. The topological polar surface area (TPSA) is 73.5 Å². The van der Waals surface area contributed by atoms with Crippen molar-refractivity contribution in [2.75, 3.05) is 46.3 Å². The summed E-state index contributed by atoms with van der Waals surface area (Å²) in [5.41, 5.74) is 1.01. The fraction of sp³-hybridized carbons (Fsp3) is 0.500. The van der Waals surface area contributed by atoms with E-state index in [9.17, 15) is 9.59 Å². The van der Waals surface area contributed by atoms with Gasteiger partial charge in [0.1, 0.15) is 0 Å². The first-order valence-electron chi connectivity index (χ1n) is 7.74. The largest absolute Gasteiger partial charge is 0.355 e. The van der Waals surface area contributed by atoms with Crippen molar-refractivity contribution < 1.29 is 9.59 Å². The van der Waals surface area contributed by atoms with Crippen molar-refractivity contribution in [3.63, 3.8) is 0 Å². The lowest BCUT2D eigenvalue weighted by atomic mass is 10.1. The van der Waals surface area contributed by atoms with E-state index in [4.69, 9.17) is 0 Å². The molecule has 0 aromatic heterocycles. The third-order valence-electron chi connectivity index (χ3n) is 3.76. The van der Waals surface area contributed by atoms with Crippen LogP contribution in [-0.4, -0.2) is 63.0 Å². The summed E-state index contributed by atoms with van der Waals surface area (Å²) < 4.78 is 0. The van der Waals surface area contributed by atoms with Crippen molar-refractivity contribution >= 4 is 24.2 Å². The van der Waals surface area contributed by atoms with Gasteiger partial charge in [-0.2, -0.15) is 0 Å². The summed E-state index contributed by atoms with van der Waals surface area (Å²) >= 11 is 0. The summed E-state index contributed by atoms with van der Waals surface area (Å²) in [6, 6.07) is 6.75. The van der Waals surface area contributed by atoms with Gasteiger partial charge < -0.3 is 20.9 Å². The fourth-order valence-electron chi connectivity index (χ4n) is 2.49. The van der Waals surface area contributed by atoms with Gasteiger partial charge in [-0.25, -0.2) is 0 Å². The Morgan fingerprint density at radius 3 is 2.48 bits per heavy atom. The van der Waals surface area contributed by atoms with Crippen LogP contribution < -0.4 is 16.0 Å². The molecule has 23 heavy (non-hydrogen) atoms. The Morgan fingerprint density at radius 2 is 1.83 bits per heavy atom. The Morgan fingerprint density at radius 1 is 1.17 bits per heavy atom. The third kappa shape index (κ3) is 6.17. The van der Waals surface area contributed by atoms with Crippen LogP contribution in [0.3, 0.4) is 0 Å². The second-order valence-corrected chi connectivity index (χ2v) is 5.36. The molecule has 1 aromatic rings. The molecule has 2 amide bonds. The summed E-state index contributed by atoms with van der Waals surface area (Å²) in [6.45, 7) is 5.87. The zero-order chi connectivity index (χ0) is 15.8. The van der Waals surface area contributed by atoms with E-state index in [0.717, 1.165) is 39.1 Å². The van der Waals surface area contributed by atoms with Crippen LogP contribution in [0.1, 0.15) is 27.1 Å². The molecule has 1 aromatic carbocycles. The van der Waals surface area contributed by atoms with Gasteiger partial charge in [-0.05, 0) is 31.2 Å². The summed E-state index contributed by atoms with van der Waals surface area (Å²) in [5.74, 6) is -0.320. The molecule has 1 aliphatic heterocycles. The van der Waals surface area contributed by atoms with Gasteiger partial charge >= 0.3 is 0 Å². The summed E-state index contributed by atoms with van der Waals surface area (Å²) in [7, 11) is 1.57. The van der Waals surface area contributed by atoms with Crippen LogP contribution in [0, 0.1) is 0 Å². The molecular weight excluding hydrogens is 316 g/mol. The number of carbonyl (C=O) groups excluding carboxylic acids is 2. The predicted molar refractivity (Wildman–Crippen MR) is 93.3 cm³/mol. The average Bonchev–Trinajstić information content (AvgIpc) is 2.59. The van der Waals surface area contributed by atoms with Crippen LogP contribution in [0.2, 0.25) is 0 Å². The van der Waals surface area contributed by atoms with Gasteiger partial charge in [0.25, 0.3) is 11.8 Å². The quantitative estimate of drug-likeness (QED) is 0.659. The lowest BCUT2D eigenvalue weighted by Crippen LogP contribution is -2.44. The number of hydrogen-bond acceptors (Lipinski definition) is 4. The summed E-state index contributed by atoms with van der Waals surface area (Å²) in [5, 5.41) is 8.78. The Kier molecular flexibility index (Phi) is 8.61. The zero-order valence-corrected chi connectivity index (χ0v) is 14.2. The highest BCUT2D eigenvalue weighted by Crippen LogP contribution is 2.05. The van der Waals surface area contributed by atoms with E-state index >= 15 is 0 Å². The van der Waals surface area contributed by atoms with Crippen LogP contribution in [0.15, 0.2) is 24.3 Å². The third-order valence-corrected chi connectivity index (χ3v) is 3.76. The van der Waals surface area contributed by atoms with Gasteiger partial charge in [0.2, 0.25) is 0 Å². The van der Waals surface area contributed by atoms with Gasteiger partial charge in [0.15, 0.2) is 0 Å². The molecule has 1 saturated heterocycles. The highest BCUT2D eigenvalue weighted by Gasteiger charge is 2.11. The molecule has 0 bridgehead atoms. The second kappa shape index (κ2) is 10.2. The SMILES string of the molecule is CNC(=O)c1cccc(C(=O)NCCCN2CCNCC2)c1.Cl. The Labute approximate surface area is 143 Å². The first kappa shape index (κ1) is 19.4. The normalized spacial score (nSPS) is 14.7. The highest BCUT2D eigenvalue weighted by molar-refractivity contribution is 5.99. The van der Waals surface area contributed by atoms with Crippen LogP contribution in [0.4, 0.5) is 0 Å². The van der Waals surface area contributed by atoms with Crippen molar-refractivity contribution in [1.82, 2.24) is 20.9 Å². The molecule has 0 spiro atoms. The molecule has 0 atom stereocenters. The molecule has 1 fully saturated rings. The number of benzene rings is 1. The molecule has 2 rings (SSSR count). The molecule has 0 unspecified atom stereocenters. The fourth-order valence-corrected chi connectivity index (χ4v) is 2.49. The maximum atomic E-state index is 12.1. The minimum Gasteiger partial charge on any atom is -0.355 e. The van der Waals surface area contributed by atoms with Gasteiger partial charge in [0.05, 0.1) is 0 Å². The lowest BCUT2D eigenvalue weighted by Gasteiger charge is -2.27. The van der Waals surface area contributed by atoms with E-state index in [-0.39, 0.29) is 24.2 Å². The Balaban J connectivity index is 0.00000264. The smallest absolute Gasteiger partial charge is 0.251 e. The number of halogens is 1. The zero-order valence-electron chi connectivity index (χ0n) is 13.4. The number of carbonyl (C=O) groups is 2. The van der Waals surface area contributed by atoms with Crippen molar-refractivity contribution in [3.05, 3.63) is 35.4 Å². The Bertz CT molecular complexity index is 519. The van der Waals surface area contributed by atoms with Gasteiger partial charge in [0, 0.05) is 50.9 Å². The molecule has 6 nitrogen and oxygen atoms in total. The molecule has 3 N–H and O–H groups in total. The second-order valence-electron chi connectivity index (χ2n) is 5.36. The van der Waals surface area contributed by atoms with Gasteiger partial charge in [-0.15, -0.1) is 12.4 Å². The summed E-state index contributed by atoms with van der Waals surface area (Å²) in [6.07, 6.45) is 0.931. The highest BCUT2D eigenvalue weighted by atomic mass is 35.5. The summed E-state index contributed by atoms with van der Waals surface area (Å²) in [4.78, 5) is 26.1. The van der Waals surface area contributed by atoms with Crippen molar-refractivity contribution in [1.29, 1.82) is 0 Å². The van der Waals surface area contributed by atoms with Crippen molar-refractivity contribution in [3.8, 4) is 0 Å². The molecular formula is C16H25ClN4O2. The number of hydrogen-bond donors (Lipinski definition) is 3. The van der Waals surface area contributed by atoms with Crippen LogP contribution >= 0.6 is 12.4 Å². The number of amides is 2. The molecule has 1 heterocycles. The molecule has 0 radical (unpaired) electrons. The number of piperazine rings is 1. The molecule has 0 saturated carbocycles.